The average Bonchev–Trinajstić information content (AvgIpc) is 3.73. The van der Waals surface area contributed by atoms with Gasteiger partial charge in [0.25, 0.3) is 0 Å². The van der Waals surface area contributed by atoms with Crippen LogP contribution in [0.4, 0.5) is 0 Å². The Morgan fingerprint density at radius 1 is 0.377 bits per heavy atom. The second kappa shape index (κ2) is 31.2. The van der Waals surface area contributed by atoms with Crippen molar-refractivity contribution in [3.8, 4) is 0 Å². The predicted octanol–water partition coefficient (Wildman–Crippen LogP) is 16.1. The van der Waals surface area contributed by atoms with Crippen molar-refractivity contribution in [1.82, 2.24) is 0 Å². The molecule has 0 radical (unpaired) electrons. The van der Waals surface area contributed by atoms with Gasteiger partial charge in [-0.2, -0.15) is 0 Å². The molecule has 2 aliphatic rings. The molecule has 2 unspecified atom stereocenters. The first-order valence-corrected chi connectivity index (χ1v) is 27.4. The first-order valence-electron chi connectivity index (χ1n) is 21.6. The van der Waals surface area contributed by atoms with E-state index >= 15 is 0 Å². The minimum atomic E-state index is -0.783. The van der Waals surface area contributed by atoms with E-state index in [9.17, 15) is 0 Å². The van der Waals surface area contributed by atoms with Crippen LogP contribution in [0.3, 0.4) is 0 Å². The van der Waals surface area contributed by atoms with Crippen LogP contribution in [-0.2, 0) is 25.8 Å². The first kappa shape index (κ1) is 57.5. The number of rotatable bonds is 26. The standard InChI is InChI=1S/2C23H44NSi.2CH3.Hf/c2*1-22(2,3)19-15-11-9-7-8-10-12-16-20-23(4,25(5)6)24-21-17-13-14-18-21;;;/h2*13-14,17-18,21,25H,7-12,15-16,19-20H2,1-6H3;2*1H3;/q4*-1;+4. The summed E-state index contributed by atoms with van der Waals surface area (Å²) in [6, 6.07) is 0.681. The summed E-state index contributed by atoms with van der Waals surface area (Å²) < 4.78 is 0. The topological polar surface area (TPSA) is 28.2 Å². The number of unbranched alkanes of at least 4 members (excludes halogenated alkanes) is 14. The maximum absolute atomic E-state index is 5.18. The van der Waals surface area contributed by atoms with Gasteiger partial charge in [-0.05, 0) is 23.7 Å². The van der Waals surface area contributed by atoms with E-state index in [1.165, 1.54) is 128 Å². The van der Waals surface area contributed by atoms with Crippen LogP contribution in [0.25, 0.3) is 10.6 Å². The molecular formula is C48H94HfN2Si2. The predicted molar refractivity (Wildman–Crippen MR) is 249 cm³/mol. The summed E-state index contributed by atoms with van der Waals surface area (Å²) in [7, 11) is -1.57. The molecule has 0 saturated carbocycles. The van der Waals surface area contributed by atoms with E-state index in [2.05, 4.69) is 130 Å². The van der Waals surface area contributed by atoms with E-state index in [-0.39, 0.29) is 51.0 Å². The molecule has 0 fully saturated rings. The zero-order valence-electron chi connectivity index (χ0n) is 38.5. The van der Waals surface area contributed by atoms with Crippen LogP contribution in [0.2, 0.25) is 26.2 Å². The molecule has 308 valence electrons. The van der Waals surface area contributed by atoms with Gasteiger partial charge in [0.2, 0.25) is 0 Å². The third-order valence-corrected chi connectivity index (χ3v) is 17.4. The minimum Gasteiger partial charge on any atom is -0.650 e. The Morgan fingerprint density at radius 2 is 0.585 bits per heavy atom. The molecule has 0 N–H and O–H groups in total. The number of hydrogen-bond acceptors (Lipinski definition) is 0. The Bertz CT molecular complexity index is 871. The molecule has 0 aromatic rings. The van der Waals surface area contributed by atoms with E-state index in [0.717, 1.165) is 0 Å². The molecule has 5 heteroatoms. The van der Waals surface area contributed by atoms with Crippen molar-refractivity contribution < 1.29 is 25.8 Å². The summed E-state index contributed by atoms with van der Waals surface area (Å²) in [5.41, 5.74) is 1.03. The van der Waals surface area contributed by atoms with E-state index in [4.69, 9.17) is 10.6 Å². The fraction of sp³-hybridized carbons (Fsp3) is 0.792. The van der Waals surface area contributed by atoms with Crippen LogP contribution in [0, 0.1) is 25.7 Å². The normalized spacial score (nSPS) is 16.6. The third-order valence-electron chi connectivity index (χ3n) is 11.6. The summed E-state index contributed by atoms with van der Waals surface area (Å²) in [4.78, 5) is 0. The zero-order chi connectivity index (χ0) is 37.5. The van der Waals surface area contributed by atoms with Gasteiger partial charge in [0.15, 0.2) is 0 Å². The maximum atomic E-state index is 5.18. The molecule has 0 saturated heterocycles. The average molecular weight is 934 g/mol. The van der Waals surface area contributed by atoms with Crippen LogP contribution in [-0.4, -0.2) is 40.0 Å². The minimum absolute atomic E-state index is 0. The Hall–Kier alpha value is 0.184. The summed E-state index contributed by atoms with van der Waals surface area (Å²) in [5, 5.41) is 10.9. The van der Waals surface area contributed by atoms with Crippen molar-refractivity contribution in [2.75, 3.05) is 0 Å². The molecule has 0 aliphatic heterocycles. The van der Waals surface area contributed by atoms with Crippen molar-refractivity contribution in [3.05, 3.63) is 74.1 Å². The molecule has 0 aromatic heterocycles. The molecule has 2 nitrogen and oxygen atoms in total. The van der Waals surface area contributed by atoms with Crippen LogP contribution in [0.15, 0.2) is 48.6 Å². The Morgan fingerprint density at radius 3 is 0.792 bits per heavy atom. The Labute approximate surface area is 358 Å². The maximum Gasteiger partial charge on any atom is 4.00 e. The van der Waals surface area contributed by atoms with Crippen molar-refractivity contribution in [2.45, 2.75) is 232 Å². The smallest absolute Gasteiger partial charge is 0.650 e. The molecule has 0 amide bonds. The van der Waals surface area contributed by atoms with E-state index in [0.29, 0.717) is 22.9 Å². The first-order chi connectivity index (χ1) is 23.5. The van der Waals surface area contributed by atoms with E-state index in [1.807, 2.05) is 0 Å². The molecule has 0 aromatic carbocycles. The van der Waals surface area contributed by atoms with Crippen molar-refractivity contribution >= 4 is 17.6 Å². The summed E-state index contributed by atoms with van der Waals surface area (Å²) in [6.07, 6.45) is 45.4. The van der Waals surface area contributed by atoms with Gasteiger partial charge in [0.05, 0.1) is 0 Å². The fourth-order valence-corrected chi connectivity index (χ4v) is 9.60. The Balaban J connectivity index is -0.000000893. The largest absolute Gasteiger partial charge is 4.00 e. The SMILES string of the molecule is C[SiH](C)C(C)(CCCCCCCCCCC(C)(C)C)[N-]C1C=CC=C1.C[SiH](C)C(C)(CCCCCCCCCCC(C)(C)C)[N-]C1C=CC=C1.[CH3-].[CH3-].[Hf+4]. The summed E-state index contributed by atoms with van der Waals surface area (Å²) >= 11 is 0. The zero-order valence-corrected chi connectivity index (χ0v) is 44.4. The fourth-order valence-electron chi connectivity index (χ4n) is 7.10. The van der Waals surface area contributed by atoms with E-state index < -0.39 is 17.6 Å². The van der Waals surface area contributed by atoms with Gasteiger partial charge in [-0.15, -0.1) is 10.3 Å². The second-order valence-electron chi connectivity index (χ2n) is 19.6. The van der Waals surface area contributed by atoms with Gasteiger partial charge in [-0.3, -0.25) is 0 Å². The molecule has 2 atom stereocenters. The quantitative estimate of drug-likeness (QED) is 0.0470. The summed E-state index contributed by atoms with van der Waals surface area (Å²) in [6.45, 7) is 28.8. The van der Waals surface area contributed by atoms with Crippen LogP contribution in [0.5, 0.6) is 0 Å². The number of allylic oxidation sites excluding steroid dienone is 4. The van der Waals surface area contributed by atoms with Crippen LogP contribution >= 0.6 is 0 Å². The second-order valence-corrected chi connectivity index (χ2v) is 26.7. The molecule has 0 spiro atoms. The Kier molecular flexibility index (Phi) is 33.9. The van der Waals surface area contributed by atoms with Gasteiger partial charge in [0, 0.05) is 17.6 Å². The van der Waals surface area contributed by atoms with Gasteiger partial charge in [-0.1, -0.05) is 258 Å². The number of hydrogen-bond donors (Lipinski definition) is 0. The van der Waals surface area contributed by atoms with Crippen LogP contribution < -0.4 is 0 Å². The third kappa shape index (κ3) is 30.0. The van der Waals surface area contributed by atoms with Gasteiger partial charge in [0.1, 0.15) is 0 Å². The van der Waals surface area contributed by atoms with Crippen molar-refractivity contribution in [2.24, 2.45) is 10.8 Å². The van der Waals surface area contributed by atoms with Gasteiger partial charge < -0.3 is 25.5 Å². The molecule has 0 bridgehead atoms. The van der Waals surface area contributed by atoms with Crippen molar-refractivity contribution in [3.63, 3.8) is 0 Å². The molecule has 2 rings (SSSR count). The van der Waals surface area contributed by atoms with Crippen molar-refractivity contribution in [1.29, 1.82) is 0 Å². The molecule has 0 heterocycles. The van der Waals surface area contributed by atoms with Gasteiger partial charge >= 0.3 is 25.8 Å². The molecule has 53 heavy (non-hydrogen) atoms. The molecular weight excluding hydrogens is 839 g/mol. The monoisotopic (exact) mass is 935 g/mol. The molecule has 2 aliphatic carbocycles. The van der Waals surface area contributed by atoms with Crippen LogP contribution in [0.1, 0.15) is 184 Å². The number of nitrogens with zero attached hydrogens (tertiary/aromatic N) is 2. The van der Waals surface area contributed by atoms with E-state index in [1.54, 1.807) is 0 Å². The summed E-state index contributed by atoms with van der Waals surface area (Å²) in [5.74, 6) is 0. The van der Waals surface area contributed by atoms with Gasteiger partial charge in [-0.25, -0.2) is 0 Å².